The number of rotatable bonds is 4. The van der Waals surface area contributed by atoms with Crippen molar-refractivity contribution >= 4 is 12.1 Å². The molecule has 1 fully saturated rings. The van der Waals surface area contributed by atoms with Crippen LogP contribution >= 0.6 is 0 Å². The summed E-state index contributed by atoms with van der Waals surface area (Å²) >= 11 is 0. The second-order valence-electron chi connectivity index (χ2n) is 7.32. The number of carbonyl (C=O) groups is 2. The predicted octanol–water partition coefficient (Wildman–Crippen LogP) is 3.38. The summed E-state index contributed by atoms with van der Waals surface area (Å²) in [5.41, 5.74) is -0.497. The molecule has 0 bridgehead atoms. The SMILES string of the molecule is CC(C)C1CCN(C(=O)OC(C)(C)C)CC1CCC(=O)O. The zero-order chi connectivity index (χ0) is 16.2. The highest BCUT2D eigenvalue weighted by Gasteiger charge is 2.34. The molecule has 122 valence electrons. The largest absolute Gasteiger partial charge is 0.481 e. The number of nitrogens with zero attached hydrogens (tertiary/aromatic N) is 1. The first-order valence-electron chi connectivity index (χ1n) is 7.80. The molecular formula is C16H29NO4. The highest BCUT2D eigenvalue weighted by Crippen LogP contribution is 2.33. The molecule has 0 radical (unpaired) electrons. The number of carboxylic acids is 1. The van der Waals surface area contributed by atoms with E-state index >= 15 is 0 Å². The minimum atomic E-state index is -0.771. The number of carbonyl (C=O) groups excluding carboxylic acids is 1. The fraction of sp³-hybridized carbons (Fsp3) is 0.875. The average molecular weight is 299 g/mol. The van der Waals surface area contributed by atoms with Crippen molar-refractivity contribution in [1.29, 1.82) is 0 Å². The third kappa shape index (κ3) is 5.94. The Kier molecular flexibility index (Phi) is 6.05. The zero-order valence-electron chi connectivity index (χ0n) is 13.9. The quantitative estimate of drug-likeness (QED) is 0.864. The van der Waals surface area contributed by atoms with E-state index in [1.165, 1.54) is 0 Å². The van der Waals surface area contributed by atoms with E-state index in [0.29, 0.717) is 31.3 Å². The zero-order valence-corrected chi connectivity index (χ0v) is 13.9. The summed E-state index contributed by atoms with van der Waals surface area (Å²) in [6.45, 7) is 11.2. The molecule has 5 nitrogen and oxygen atoms in total. The molecule has 0 aromatic carbocycles. The fourth-order valence-corrected chi connectivity index (χ4v) is 3.03. The Morgan fingerprint density at radius 1 is 1.33 bits per heavy atom. The smallest absolute Gasteiger partial charge is 0.410 e. The van der Waals surface area contributed by atoms with Crippen LogP contribution < -0.4 is 0 Å². The standard InChI is InChI=1S/C16H29NO4/c1-11(2)13-8-9-17(15(20)21-16(3,4)5)10-12(13)6-7-14(18)19/h11-13H,6-10H2,1-5H3,(H,18,19). The molecule has 1 aliphatic heterocycles. The minimum absolute atomic E-state index is 0.163. The molecule has 2 atom stereocenters. The first-order chi connectivity index (χ1) is 9.60. The van der Waals surface area contributed by atoms with E-state index in [4.69, 9.17) is 9.84 Å². The summed E-state index contributed by atoms with van der Waals surface area (Å²) in [7, 11) is 0. The van der Waals surface area contributed by atoms with E-state index in [0.717, 1.165) is 6.42 Å². The molecule has 5 heteroatoms. The Balaban J connectivity index is 2.67. The maximum absolute atomic E-state index is 12.2. The van der Waals surface area contributed by atoms with E-state index in [2.05, 4.69) is 13.8 Å². The predicted molar refractivity (Wildman–Crippen MR) is 81.1 cm³/mol. The lowest BCUT2D eigenvalue weighted by molar-refractivity contribution is -0.137. The molecule has 1 saturated heterocycles. The molecule has 0 spiro atoms. The summed E-state index contributed by atoms with van der Waals surface area (Å²) in [5.74, 6) is 0.446. The first kappa shape index (κ1) is 17.8. The van der Waals surface area contributed by atoms with Crippen LogP contribution in [0.5, 0.6) is 0 Å². The van der Waals surface area contributed by atoms with Crippen LogP contribution in [0, 0.1) is 17.8 Å². The van der Waals surface area contributed by atoms with Crippen molar-refractivity contribution in [2.75, 3.05) is 13.1 Å². The van der Waals surface area contributed by atoms with Crippen molar-refractivity contribution in [3.05, 3.63) is 0 Å². The highest BCUT2D eigenvalue weighted by molar-refractivity contribution is 5.68. The lowest BCUT2D eigenvalue weighted by Gasteiger charge is -2.40. The molecule has 0 aliphatic carbocycles. The maximum Gasteiger partial charge on any atom is 0.410 e. The summed E-state index contributed by atoms with van der Waals surface area (Å²) < 4.78 is 5.42. The molecular weight excluding hydrogens is 270 g/mol. The number of hydrogen-bond acceptors (Lipinski definition) is 3. The molecule has 1 heterocycles. The monoisotopic (exact) mass is 299 g/mol. The van der Waals surface area contributed by atoms with E-state index in [1.807, 2.05) is 20.8 Å². The van der Waals surface area contributed by atoms with Crippen molar-refractivity contribution in [1.82, 2.24) is 4.90 Å². The van der Waals surface area contributed by atoms with Gasteiger partial charge in [0.25, 0.3) is 0 Å². The molecule has 0 aromatic heterocycles. The fourth-order valence-electron chi connectivity index (χ4n) is 3.03. The van der Waals surface area contributed by atoms with Gasteiger partial charge in [0.15, 0.2) is 0 Å². The van der Waals surface area contributed by atoms with Gasteiger partial charge in [0.1, 0.15) is 5.60 Å². The van der Waals surface area contributed by atoms with Gasteiger partial charge in [-0.1, -0.05) is 13.8 Å². The van der Waals surface area contributed by atoms with Gasteiger partial charge < -0.3 is 14.7 Å². The molecule has 0 saturated carbocycles. The lowest BCUT2D eigenvalue weighted by atomic mass is 9.76. The van der Waals surface area contributed by atoms with Gasteiger partial charge in [-0.25, -0.2) is 4.79 Å². The Morgan fingerprint density at radius 3 is 2.43 bits per heavy atom. The van der Waals surface area contributed by atoms with Crippen LogP contribution in [0.1, 0.15) is 53.9 Å². The minimum Gasteiger partial charge on any atom is -0.481 e. The number of aliphatic carboxylic acids is 1. The van der Waals surface area contributed by atoms with Gasteiger partial charge in [-0.3, -0.25) is 4.79 Å². The van der Waals surface area contributed by atoms with Crippen molar-refractivity contribution in [3.63, 3.8) is 0 Å². The topological polar surface area (TPSA) is 66.8 Å². The van der Waals surface area contributed by atoms with Crippen LogP contribution in [0.25, 0.3) is 0 Å². The summed E-state index contributed by atoms with van der Waals surface area (Å²) in [6, 6.07) is 0. The van der Waals surface area contributed by atoms with Gasteiger partial charge in [0.2, 0.25) is 0 Å². The van der Waals surface area contributed by atoms with E-state index in [-0.39, 0.29) is 18.4 Å². The first-order valence-corrected chi connectivity index (χ1v) is 7.80. The van der Waals surface area contributed by atoms with Gasteiger partial charge in [0.05, 0.1) is 0 Å². The Labute approximate surface area is 127 Å². The van der Waals surface area contributed by atoms with Gasteiger partial charge in [-0.15, -0.1) is 0 Å². The third-order valence-corrected chi connectivity index (χ3v) is 4.03. The second kappa shape index (κ2) is 7.14. The van der Waals surface area contributed by atoms with Crippen molar-refractivity contribution in [3.8, 4) is 0 Å². The van der Waals surface area contributed by atoms with E-state index < -0.39 is 11.6 Å². The van der Waals surface area contributed by atoms with Crippen LogP contribution in [0.2, 0.25) is 0 Å². The molecule has 1 amide bonds. The van der Waals surface area contributed by atoms with E-state index in [9.17, 15) is 9.59 Å². The van der Waals surface area contributed by atoms with Crippen LogP contribution in [-0.2, 0) is 9.53 Å². The van der Waals surface area contributed by atoms with Crippen molar-refractivity contribution in [2.45, 2.75) is 59.5 Å². The number of likely N-dealkylation sites (tertiary alicyclic amines) is 1. The average Bonchev–Trinajstić information content (AvgIpc) is 2.33. The summed E-state index contributed by atoms with van der Waals surface area (Å²) in [6.07, 6.45) is 1.42. The molecule has 1 aliphatic rings. The van der Waals surface area contributed by atoms with Crippen LogP contribution in [-0.4, -0.2) is 40.8 Å². The number of hydrogen-bond donors (Lipinski definition) is 1. The summed E-state index contributed by atoms with van der Waals surface area (Å²) in [4.78, 5) is 24.7. The molecule has 1 rings (SSSR count). The van der Waals surface area contributed by atoms with Crippen molar-refractivity contribution < 1.29 is 19.4 Å². The Hall–Kier alpha value is -1.26. The molecule has 21 heavy (non-hydrogen) atoms. The van der Waals surface area contributed by atoms with Gasteiger partial charge >= 0.3 is 12.1 Å². The lowest BCUT2D eigenvalue weighted by Crippen LogP contribution is -2.47. The number of amides is 1. The van der Waals surface area contributed by atoms with Crippen LogP contribution in [0.4, 0.5) is 4.79 Å². The number of carboxylic acid groups (broad SMARTS) is 1. The molecule has 0 aromatic rings. The molecule has 1 N–H and O–H groups in total. The molecule has 2 unspecified atom stereocenters. The summed E-state index contributed by atoms with van der Waals surface area (Å²) in [5, 5.41) is 8.89. The van der Waals surface area contributed by atoms with E-state index in [1.54, 1.807) is 4.90 Å². The van der Waals surface area contributed by atoms with Crippen molar-refractivity contribution in [2.24, 2.45) is 17.8 Å². The third-order valence-electron chi connectivity index (χ3n) is 4.03. The van der Waals surface area contributed by atoms with Crippen LogP contribution in [0.15, 0.2) is 0 Å². The second-order valence-corrected chi connectivity index (χ2v) is 7.32. The van der Waals surface area contributed by atoms with Gasteiger partial charge in [-0.05, 0) is 51.4 Å². The number of piperidine rings is 1. The Morgan fingerprint density at radius 2 is 1.95 bits per heavy atom. The normalized spacial score (nSPS) is 23.2. The Bertz CT molecular complexity index is 373. The highest BCUT2D eigenvalue weighted by atomic mass is 16.6. The number of ether oxygens (including phenoxy) is 1. The van der Waals surface area contributed by atoms with Crippen LogP contribution in [0.3, 0.4) is 0 Å². The maximum atomic E-state index is 12.2. The van der Waals surface area contributed by atoms with Gasteiger partial charge in [-0.2, -0.15) is 0 Å². The van der Waals surface area contributed by atoms with Gasteiger partial charge in [0, 0.05) is 19.5 Å².